The lowest BCUT2D eigenvalue weighted by molar-refractivity contribution is 0.0789. The van der Waals surface area contributed by atoms with Gasteiger partial charge in [0.05, 0.1) is 17.8 Å². The number of carbonyl (C=O) groups is 1. The molecule has 1 heterocycles. The van der Waals surface area contributed by atoms with Crippen molar-refractivity contribution in [1.29, 1.82) is 0 Å². The molecule has 0 aliphatic carbocycles. The number of aryl methyl sites for hydroxylation is 1. The van der Waals surface area contributed by atoms with Gasteiger partial charge < -0.3 is 9.64 Å². The number of hydrogen-bond donors (Lipinski definition) is 0. The molecule has 136 valence electrons. The minimum Gasteiger partial charge on any atom is -0.497 e. The molecule has 0 bridgehead atoms. The molecule has 4 nitrogen and oxygen atoms in total. The van der Waals surface area contributed by atoms with E-state index in [-0.39, 0.29) is 5.91 Å². The molecule has 5 heteroatoms. The molecule has 0 saturated carbocycles. The van der Waals surface area contributed by atoms with Crippen LogP contribution in [-0.4, -0.2) is 29.9 Å². The number of ether oxygens (including phenoxy) is 1. The number of nitrogens with zero attached hydrogens (tertiary/aromatic N) is 2. The molecule has 0 saturated heterocycles. The van der Waals surface area contributed by atoms with E-state index in [1.54, 1.807) is 12.0 Å². The van der Waals surface area contributed by atoms with Crippen LogP contribution < -0.4 is 4.74 Å². The third-order valence-corrected chi connectivity index (χ3v) is 5.83. The Bertz CT molecular complexity index is 946. The molecule has 0 spiro atoms. The summed E-state index contributed by atoms with van der Waals surface area (Å²) >= 11 is 1.51. The van der Waals surface area contributed by atoms with E-state index in [1.165, 1.54) is 11.3 Å². The molecule has 0 fully saturated rings. The highest BCUT2D eigenvalue weighted by Crippen LogP contribution is 2.26. The van der Waals surface area contributed by atoms with Gasteiger partial charge in [-0.05, 0) is 41.5 Å². The average Bonchev–Trinajstić information content (AvgIpc) is 3.02. The maximum atomic E-state index is 12.8. The highest BCUT2D eigenvalue weighted by molar-refractivity contribution is 7.13. The summed E-state index contributed by atoms with van der Waals surface area (Å²) in [6.07, 6.45) is 0. The van der Waals surface area contributed by atoms with E-state index in [0.29, 0.717) is 12.5 Å². The molecular formula is C21H24N2O2S. The first-order chi connectivity index (χ1) is 12.4. The van der Waals surface area contributed by atoms with Crippen molar-refractivity contribution in [1.82, 2.24) is 9.88 Å². The van der Waals surface area contributed by atoms with E-state index < -0.39 is 0 Å². The van der Waals surface area contributed by atoms with Gasteiger partial charge in [0.2, 0.25) is 0 Å². The molecular weight excluding hydrogens is 344 g/mol. The van der Waals surface area contributed by atoms with Gasteiger partial charge in [-0.25, -0.2) is 4.98 Å². The van der Waals surface area contributed by atoms with E-state index in [9.17, 15) is 4.79 Å². The Labute approximate surface area is 158 Å². The Hall–Kier alpha value is -2.40. The molecule has 0 N–H and O–H groups in total. The van der Waals surface area contributed by atoms with Gasteiger partial charge >= 0.3 is 0 Å². The fourth-order valence-electron chi connectivity index (χ4n) is 2.88. The Morgan fingerprint density at radius 1 is 1.19 bits per heavy atom. The first kappa shape index (κ1) is 18.4. The number of carbonyl (C=O) groups excluding carboxylic acids is 1. The largest absolute Gasteiger partial charge is 0.497 e. The number of rotatable bonds is 5. The zero-order valence-corrected chi connectivity index (χ0v) is 16.7. The summed E-state index contributed by atoms with van der Waals surface area (Å²) in [7, 11) is 3.51. The van der Waals surface area contributed by atoms with Crippen LogP contribution in [0.2, 0.25) is 0 Å². The van der Waals surface area contributed by atoms with Crippen LogP contribution in [0.15, 0.2) is 36.4 Å². The summed E-state index contributed by atoms with van der Waals surface area (Å²) in [5, 5.41) is 3.28. The van der Waals surface area contributed by atoms with E-state index in [0.717, 1.165) is 37.7 Å². The van der Waals surface area contributed by atoms with Crippen molar-refractivity contribution in [2.24, 2.45) is 0 Å². The lowest BCUT2D eigenvalue weighted by Crippen LogP contribution is -2.26. The molecule has 3 rings (SSSR count). The van der Waals surface area contributed by atoms with Crippen molar-refractivity contribution in [3.63, 3.8) is 0 Å². The molecule has 26 heavy (non-hydrogen) atoms. The molecule has 0 unspecified atom stereocenters. The average molecular weight is 369 g/mol. The third-order valence-electron chi connectivity index (χ3n) is 4.38. The summed E-state index contributed by atoms with van der Waals surface area (Å²) < 4.78 is 5.27. The summed E-state index contributed by atoms with van der Waals surface area (Å²) in [5.74, 6) is 1.21. The van der Waals surface area contributed by atoms with E-state index >= 15 is 0 Å². The SMILES string of the molecule is COc1ccc2cc(CN(C)C(=O)c3sc(C(C)C)nc3C)ccc2c1. The second-order valence-electron chi connectivity index (χ2n) is 6.83. The van der Waals surface area contributed by atoms with E-state index in [2.05, 4.69) is 37.0 Å². The molecule has 2 aromatic carbocycles. The zero-order chi connectivity index (χ0) is 18.8. The van der Waals surface area contributed by atoms with Crippen molar-refractivity contribution in [3.8, 4) is 5.75 Å². The van der Waals surface area contributed by atoms with E-state index in [1.807, 2.05) is 32.2 Å². The topological polar surface area (TPSA) is 42.4 Å². The minimum atomic E-state index is 0.0294. The lowest BCUT2D eigenvalue weighted by atomic mass is 10.1. The van der Waals surface area contributed by atoms with Crippen LogP contribution in [0, 0.1) is 6.92 Å². The van der Waals surface area contributed by atoms with Crippen LogP contribution in [0.3, 0.4) is 0 Å². The van der Waals surface area contributed by atoms with Gasteiger partial charge in [0.1, 0.15) is 10.6 Å². The molecule has 0 aliphatic rings. The van der Waals surface area contributed by atoms with Crippen molar-refractivity contribution >= 4 is 28.0 Å². The molecule has 1 aromatic heterocycles. The zero-order valence-electron chi connectivity index (χ0n) is 15.9. The molecule has 1 amide bonds. The fourth-order valence-corrected chi connectivity index (χ4v) is 3.94. The minimum absolute atomic E-state index is 0.0294. The predicted molar refractivity (Wildman–Crippen MR) is 107 cm³/mol. The highest BCUT2D eigenvalue weighted by atomic mass is 32.1. The summed E-state index contributed by atoms with van der Waals surface area (Å²) in [6, 6.07) is 12.3. The summed E-state index contributed by atoms with van der Waals surface area (Å²) in [6.45, 7) is 6.67. The smallest absolute Gasteiger partial charge is 0.265 e. The lowest BCUT2D eigenvalue weighted by Gasteiger charge is -2.17. The number of fused-ring (bicyclic) bond motifs is 1. The third kappa shape index (κ3) is 3.73. The predicted octanol–water partition coefficient (Wildman–Crippen LogP) is 5.01. The maximum absolute atomic E-state index is 12.8. The molecule has 3 aromatic rings. The summed E-state index contributed by atoms with van der Waals surface area (Å²) in [4.78, 5) is 19.9. The van der Waals surface area contributed by atoms with Crippen LogP contribution in [0.5, 0.6) is 5.75 Å². The summed E-state index contributed by atoms with van der Waals surface area (Å²) in [5.41, 5.74) is 1.92. The van der Waals surface area contributed by atoms with Gasteiger partial charge in [0.15, 0.2) is 0 Å². The fraction of sp³-hybridized carbons (Fsp3) is 0.333. The van der Waals surface area contributed by atoms with Crippen LogP contribution in [0.4, 0.5) is 0 Å². The van der Waals surface area contributed by atoms with Gasteiger partial charge in [-0.2, -0.15) is 0 Å². The quantitative estimate of drug-likeness (QED) is 0.636. The number of methoxy groups -OCH3 is 1. The number of thiazole rings is 1. The van der Waals surface area contributed by atoms with Gasteiger partial charge in [-0.1, -0.05) is 32.0 Å². The standard InChI is InChI=1S/C21H24N2O2S/c1-13(2)20-22-14(3)19(26-20)21(24)23(4)12-15-6-7-17-11-18(25-5)9-8-16(17)10-15/h6-11,13H,12H2,1-5H3. The number of aromatic nitrogens is 1. The van der Waals surface area contributed by atoms with Gasteiger partial charge in [0, 0.05) is 19.5 Å². The normalized spacial score (nSPS) is 11.2. The van der Waals surface area contributed by atoms with Crippen molar-refractivity contribution in [2.45, 2.75) is 33.2 Å². The number of benzene rings is 2. The monoisotopic (exact) mass is 368 g/mol. The Morgan fingerprint density at radius 3 is 2.54 bits per heavy atom. The van der Waals surface area contributed by atoms with E-state index in [4.69, 9.17) is 4.74 Å². The Kier molecular flexibility index (Phi) is 5.28. The second kappa shape index (κ2) is 7.46. The number of hydrogen-bond acceptors (Lipinski definition) is 4. The molecule has 0 radical (unpaired) electrons. The van der Waals surface area contributed by atoms with Crippen molar-refractivity contribution in [3.05, 3.63) is 57.5 Å². The number of amides is 1. The molecule has 0 atom stereocenters. The van der Waals surface area contributed by atoms with Gasteiger partial charge in [-0.3, -0.25) is 4.79 Å². The van der Waals surface area contributed by atoms with Crippen LogP contribution in [0.1, 0.15) is 45.7 Å². The first-order valence-electron chi connectivity index (χ1n) is 8.68. The second-order valence-corrected chi connectivity index (χ2v) is 7.86. The van der Waals surface area contributed by atoms with Gasteiger partial charge in [0.25, 0.3) is 5.91 Å². The maximum Gasteiger partial charge on any atom is 0.265 e. The first-order valence-corrected chi connectivity index (χ1v) is 9.50. The van der Waals surface area contributed by atoms with Crippen molar-refractivity contribution < 1.29 is 9.53 Å². The Morgan fingerprint density at radius 2 is 1.88 bits per heavy atom. The van der Waals surface area contributed by atoms with Crippen LogP contribution in [-0.2, 0) is 6.54 Å². The van der Waals surface area contributed by atoms with Crippen molar-refractivity contribution in [2.75, 3.05) is 14.2 Å². The van der Waals surface area contributed by atoms with Crippen LogP contribution >= 0.6 is 11.3 Å². The Balaban J connectivity index is 1.79. The molecule has 0 aliphatic heterocycles. The van der Waals surface area contributed by atoms with Gasteiger partial charge in [-0.15, -0.1) is 11.3 Å². The highest BCUT2D eigenvalue weighted by Gasteiger charge is 2.20. The van der Waals surface area contributed by atoms with Crippen LogP contribution in [0.25, 0.3) is 10.8 Å².